The van der Waals surface area contributed by atoms with Gasteiger partial charge in [-0.3, -0.25) is 4.79 Å². The second kappa shape index (κ2) is 5.84. The third kappa shape index (κ3) is 3.12. The first-order valence-corrected chi connectivity index (χ1v) is 6.33. The molecule has 1 unspecified atom stereocenters. The van der Waals surface area contributed by atoms with Crippen molar-refractivity contribution >= 4 is 11.9 Å². The van der Waals surface area contributed by atoms with Crippen LogP contribution in [0.1, 0.15) is 28.4 Å². The van der Waals surface area contributed by atoms with Gasteiger partial charge in [-0.2, -0.15) is 0 Å². The van der Waals surface area contributed by atoms with Gasteiger partial charge in [0.05, 0.1) is 7.11 Å². The van der Waals surface area contributed by atoms with E-state index in [0.29, 0.717) is 5.56 Å². The van der Waals surface area contributed by atoms with Crippen molar-refractivity contribution in [3.05, 3.63) is 34.9 Å². The molecule has 0 saturated carbocycles. The summed E-state index contributed by atoms with van der Waals surface area (Å²) in [5.41, 5.74) is 2.99. The van der Waals surface area contributed by atoms with Gasteiger partial charge < -0.3 is 15.4 Å². The molecule has 1 aliphatic heterocycles. The normalized spacial score (nSPS) is 15.3. The first-order valence-electron chi connectivity index (χ1n) is 6.33. The van der Waals surface area contributed by atoms with Crippen LogP contribution in [-0.4, -0.2) is 31.6 Å². The van der Waals surface area contributed by atoms with Gasteiger partial charge in [0.25, 0.3) is 5.91 Å². The van der Waals surface area contributed by atoms with E-state index in [1.165, 1.54) is 12.7 Å². The Labute approximate surface area is 112 Å². The van der Waals surface area contributed by atoms with E-state index in [1.54, 1.807) is 13.0 Å². The Hall–Kier alpha value is -1.88. The number of hydrogen-bond donors (Lipinski definition) is 2. The van der Waals surface area contributed by atoms with Crippen molar-refractivity contribution in [2.75, 3.05) is 13.7 Å². The van der Waals surface area contributed by atoms with Crippen LogP contribution in [0.25, 0.3) is 0 Å². The average molecular weight is 262 g/mol. The zero-order valence-electron chi connectivity index (χ0n) is 11.2. The van der Waals surface area contributed by atoms with Crippen molar-refractivity contribution in [2.45, 2.75) is 25.9 Å². The molecule has 0 aliphatic carbocycles. The van der Waals surface area contributed by atoms with Gasteiger partial charge in [0.2, 0.25) is 0 Å². The quantitative estimate of drug-likeness (QED) is 0.784. The molecule has 1 heterocycles. The molecule has 0 radical (unpaired) electrons. The van der Waals surface area contributed by atoms with Crippen molar-refractivity contribution in [3.8, 4) is 0 Å². The van der Waals surface area contributed by atoms with Gasteiger partial charge in [-0.25, -0.2) is 4.79 Å². The van der Waals surface area contributed by atoms with Crippen LogP contribution in [0, 0.1) is 0 Å². The Morgan fingerprint density at radius 2 is 2.16 bits per heavy atom. The third-order valence-corrected chi connectivity index (χ3v) is 3.26. The maximum absolute atomic E-state index is 12.0. The largest absolute Gasteiger partial charge is 0.467 e. The lowest BCUT2D eigenvalue weighted by atomic mass is 9.98. The summed E-state index contributed by atoms with van der Waals surface area (Å²) in [4.78, 5) is 23.3. The fraction of sp³-hybridized carbons (Fsp3) is 0.429. The molecule has 1 amide bonds. The number of esters is 1. The molecular weight excluding hydrogens is 244 g/mol. The van der Waals surface area contributed by atoms with Crippen molar-refractivity contribution < 1.29 is 14.3 Å². The van der Waals surface area contributed by atoms with E-state index in [0.717, 1.165) is 25.1 Å². The maximum atomic E-state index is 12.0. The maximum Gasteiger partial charge on any atom is 0.328 e. The predicted molar refractivity (Wildman–Crippen MR) is 70.8 cm³/mol. The highest BCUT2D eigenvalue weighted by atomic mass is 16.5. The highest BCUT2D eigenvalue weighted by molar-refractivity contribution is 5.96. The SMILES string of the molecule is COC(=O)C(C)NC(=O)c1ccc2c(c1)CNCC2. The van der Waals surface area contributed by atoms with Gasteiger partial charge in [0.1, 0.15) is 6.04 Å². The number of ether oxygens (including phenoxy) is 1. The van der Waals surface area contributed by atoms with E-state index in [9.17, 15) is 9.59 Å². The van der Waals surface area contributed by atoms with Gasteiger partial charge in [-0.05, 0) is 43.1 Å². The van der Waals surface area contributed by atoms with E-state index < -0.39 is 12.0 Å². The Morgan fingerprint density at radius 3 is 2.89 bits per heavy atom. The monoisotopic (exact) mass is 262 g/mol. The number of carbonyl (C=O) groups is 2. The Kier molecular flexibility index (Phi) is 4.16. The molecular formula is C14H18N2O3. The summed E-state index contributed by atoms with van der Waals surface area (Å²) in [6.45, 7) is 3.35. The van der Waals surface area contributed by atoms with Crippen LogP contribution < -0.4 is 10.6 Å². The molecule has 0 bridgehead atoms. The van der Waals surface area contributed by atoms with E-state index in [-0.39, 0.29) is 5.91 Å². The number of nitrogens with one attached hydrogen (secondary N) is 2. The van der Waals surface area contributed by atoms with Gasteiger partial charge in [0.15, 0.2) is 0 Å². The van der Waals surface area contributed by atoms with E-state index in [2.05, 4.69) is 15.4 Å². The smallest absolute Gasteiger partial charge is 0.328 e. The molecule has 102 valence electrons. The van der Waals surface area contributed by atoms with E-state index in [4.69, 9.17) is 0 Å². The molecule has 19 heavy (non-hydrogen) atoms. The minimum absolute atomic E-state index is 0.258. The predicted octanol–water partition coefficient (Wildman–Crippen LogP) is 0.624. The highest BCUT2D eigenvalue weighted by Gasteiger charge is 2.18. The van der Waals surface area contributed by atoms with Crippen LogP contribution in [0.4, 0.5) is 0 Å². The Morgan fingerprint density at radius 1 is 1.37 bits per heavy atom. The lowest BCUT2D eigenvalue weighted by Gasteiger charge is -2.18. The van der Waals surface area contributed by atoms with Crippen LogP contribution in [-0.2, 0) is 22.5 Å². The lowest BCUT2D eigenvalue weighted by Crippen LogP contribution is -2.39. The number of methoxy groups -OCH3 is 1. The minimum Gasteiger partial charge on any atom is -0.467 e. The number of fused-ring (bicyclic) bond motifs is 1. The number of amides is 1. The zero-order valence-corrected chi connectivity index (χ0v) is 11.2. The summed E-state index contributed by atoms with van der Waals surface area (Å²) >= 11 is 0. The second-order valence-corrected chi connectivity index (χ2v) is 4.63. The van der Waals surface area contributed by atoms with Crippen LogP contribution in [0.3, 0.4) is 0 Å². The molecule has 2 N–H and O–H groups in total. The van der Waals surface area contributed by atoms with Crippen LogP contribution in [0.5, 0.6) is 0 Å². The molecule has 0 saturated heterocycles. The Balaban J connectivity index is 2.09. The fourth-order valence-corrected chi connectivity index (χ4v) is 2.14. The van der Waals surface area contributed by atoms with Crippen molar-refractivity contribution in [2.24, 2.45) is 0 Å². The zero-order chi connectivity index (χ0) is 13.8. The second-order valence-electron chi connectivity index (χ2n) is 4.63. The first-order chi connectivity index (χ1) is 9.11. The van der Waals surface area contributed by atoms with E-state index >= 15 is 0 Å². The average Bonchev–Trinajstić information content (AvgIpc) is 2.45. The van der Waals surface area contributed by atoms with Gasteiger partial charge in [-0.15, -0.1) is 0 Å². The van der Waals surface area contributed by atoms with Crippen molar-refractivity contribution in [3.63, 3.8) is 0 Å². The van der Waals surface area contributed by atoms with E-state index in [1.807, 2.05) is 12.1 Å². The molecule has 0 spiro atoms. The van der Waals surface area contributed by atoms with Gasteiger partial charge in [-0.1, -0.05) is 6.07 Å². The molecule has 1 aromatic carbocycles. The number of benzene rings is 1. The molecule has 0 fully saturated rings. The fourth-order valence-electron chi connectivity index (χ4n) is 2.14. The number of rotatable bonds is 3. The van der Waals surface area contributed by atoms with Crippen LogP contribution in [0.2, 0.25) is 0 Å². The topological polar surface area (TPSA) is 67.4 Å². The summed E-state index contributed by atoms with van der Waals surface area (Å²) < 4.78 is 4.58. The Bertz CT molecular complexity index is 499. The van der Waals surface area contributed by atoms with Crippen LogP contribution >= 0.6 is 0 Å². The standard InChI is InChI=1S/C14H18N2O3/c1-9(14(18)19-2)16-13(17)11-4-3-10-5-6-15-8-12(10)7-11/h3-4,7,9,15H,5-6,8H2,1-2H3,(H,16,17). The molecule has 0 aromatic heterocycles. The molecule has 1 aliphatic rings. The molecule has 1 aromatic rings. The summed E-state index contributed by atoms with van der Waals surface area (Å²) in [7, 11) is 1.30. The minimum atomic E-state index is -0.647. The van der Waals surface area contributed by atoms with Gasteiger partial charge in [0, 0.05) is 12.1 Å². The summed E-state index contributed by atoms with van der Waals surface area (Å²) in [5.74, 6) is -0.709. The summed E-state index contributed by atoms with van der Waals surface area (Å²) in [6.07, 6.45) is 0.982. The van der Waals surface area contributed by atoms with Crippen molar-refractivity contribution in [1.82, 2.24) is 10.6 Å². The molecule has 5 nitrogen and oxygen atoms in total. The lowest BCUT2D eigenvalue weighted by molar-refractivity contribution is -0.142. The number of carbonyl (C=O) groups excluding carboxylic acids is 2. The third-order valence-electron chi connectivity index (χ3n) is 3.26. The van der Waals surface area contributed by atoms with Crippen LogP contribution in [0.15, 0.2) is 18.2 Å². The van der Waals surface area contributed by atoms with Gasteiger partial charge >= 0.3 is 5.97 Å². The summed E-state index contributed by atoms with van der Waals surface area (Å²) in [5, 5.41) is 5.89. The first kappa shape index (κ1) is 13.5. The summed E-state index contributed by atoms with van der Waals surface area (Å²) in [6, 6.07) is 5.00. The number of hydrogen-bond acceptors (Lipinski definition) is 4. The highest BCUT2D eigenvalue weighted by Crippen LogP contribution is 2.15. The molecule has 5 heteroatoms. The molecule has 2 rings (SSSR count). The van der Waals surface area contributed by atoms with Crippen molar-refractivity contribution in [1.29, 1.82) is 0 Å². The molecule has 1 atom stereocenters.